The lowest BCUT2D eigenvalue weighted by atomic mass is 10.1. The highest BCUT2D eigenvalue weighted by Crippen LogP contribution is 2.27. The molecule has 21 heavy (non-hydrogen) atoms. The second-order valence-corrected chi connectivity index (χ2v) is 4.97. The van der Waals surface area contributed by atoms with Gasteiger partial charge in [0.05, 0.1) is 22.8 Å². The van der Waals surface area contributed by atoms with E-state index in [1.54, 1.807) is 18.2 Å². The predicted molar refractivity (Wildman–Crippen MR) is 82.8 cm³/mol. The van der Waals surface area contributed by atoms with Crippen molar-refractivity contribution in [2.24, 2.45) is 0 Å². The molecule has 6 heteroatoms. The van der Waals surface area contributed by atoms with Gasteiger partial charge in [-0.1, -0.05) is 23.2 Å². The fraction of sp³-hybridized carbons (Fsp3) is 0.0667. The summed E-state index contributed by atoms with van der Waals surface area (Å²) in [4.78, 5) is 23.0. The van der Waals surface area contributed by atoms with Crippen molar-refractivity contribution in [3.8, 4) is 5.75 Å². The normalized spacial score (nSPS) is 10.0. The molecule has 2 aromatic rings. The van der Waals surface area contributed by atoms with Crippen molar-refractivity contribution in [3.63, 3.8) is 0 Å². The first-order valence-electron chi connectivity index (χ1n) is 5.94. The third-order valence-corrected chi connectivity index (χ3v) is 3.53. The first-order valence-corrected chi connectivity index (χ1v) is 6.70. The van der Waals surface area contributed by atoms with E-state index < -0.39 is 0 Å². The fourth-order valence-corrected chi connectivity index (χ4v) is 2.03. The molecule has 0 fully saturated rings. The van der Waals surface area contributed by atoms with Crippen LogP contribution in [0.2, 0.25) is 10.0 Å². The molecule has 108 valence electrons. The number of nitrogens with one attached hydrogen (secondary N) is 1. The number of carbonyl (C=O) groups excluding carboxylic acids is 2. The van der Waals surface area contributed by atoms with Crippen LogP contribution in [0.5, 0.6) is 5.75 Å². The van der Waals surface area contributed by atoms with Gasteiger partial charge >= 0.3 is 0 Å². The highest BCUT2D eigenvalue weighted by atomic mass is 35.5. The van der Waals surface area contributed by atoms with E-state index in [0.29, 0.717) is 33.9 Å². The van der Waals surface area contributed by atoms with Crippen molar-refractivity contribution in [2.45, 2.75) is 0 Å². The second-order valence-electron chi connectivity index (χ2n) is 4.16. The highest BCUT2D eigenvalue weighted by Gasteiger charge is 2.12. The van der Waals surface area contributed by atoms with E-state index in [-0.39, 0.29) is 10.9 Å². The summed E-state index contributed by atoms with van der Waals surface area (Å²) in [6.45, 7) is 0. The number of rotatable bonds is 4. The molecular weight excluding hydrogens is 313 g/mol. The number of benzene rings is 2. The Morgan fingerprint density at radius 3 is 2.52 bits per heavy atom. The van der Waals surface area contributed by atoms with Crippen molar-refractivity contribution in [3.05, 3.63) is 57.6 Å². The number of hydrogen-bond acceptors (Lipinski definition) is 3. The monoisotopic (exact) mass is 323 g/mol. The molecule has 0 aliphatic carbocycles. The van der Waals surface area contributed by atoms with E-state index in [1.165, 1.54) is 25.3 Å². The molecule has 0 aliphatic heterocycles. The van der Waals surface area contributed by atoms with Gasteiger partial charge in [0, 0.05) is 11.1 Å². The van der Waals surface area contributed by atoms with Crippen LogP contribution >= 0.6 is 23.2 Å². The molecule has 2 rings (SSSR count). The Kier molecular flexibility index (Phi) is 4.83. The Morgan fingerprint density at radius 1 is 1.14 bits per heavy atom. The SMILES string of the molecule is COc1ccc(C=O)cc1NC(=O)c1ccc(Cl)c(Cl)c1. The van der Waals surface area contributed by atoms with Crippen LogP contribution in [0.4, 0.5) is 5.69 Å². The van der Waals surface area contributed by atoms with E-state index in [0.717, 1.165) is 0 Å². The summed E-state index contributed by atoms with van der Waals surface area (Å²) in [6.07, 6.45) is 0.689. The minimum absolute atomic E-state index is 0.290. The second kappa shape index (κ2) is 6.61. The molecule has 0 bridgehead atoms. The summed E-state index contributed by atoms with van der Waals surface area (Å²) in [5, 5.41) is 3.33. The summed E-state index contributed by atoms with van der Waals surface area (Å²) in [7, 11) is 1.48. The zero-order chi connectivity index (χ0) is 15.4. The van der Waals surface area contributed by atoms with Gasteiger partial charge in [-0.25, -0.2) is 0 Å². The molecule has 0 spiro atoms. The third-order valence-electron chi connectivity index (χ3n) is 2.79. The molecule has 0 heterocycles. The zero-order valence-electron chi connectivity index (χ0n) is 11.0. The number of carbonyl (C=O) groups is 2. The Bertz CT molecular complexity index is 701. The first-order chi connectivity index (χ1) is 10.0. The van der Waals surface area contributed by atoms with Crippen LogP contribution in [-0.4, -0.2) is 19.3 Å². The van der Waals surface area contributed by atoms with E-state index in [1.807, 2.05) is 0 Å². The summed E-state index contributed by atoms with van der Waals surface area (Å²) < 4.78 is 5.15. The lowest BCUT2D eigenvalue weighted by Crippen LogP contribution is -2.13. The summed E-state index contributed by atoms with van der Waals surface area (Å²) in [5.41, 5.74) is 1.18. The van der Waals surface area contributed by atoms with Gasteiger partial charge in [0.1, 0.15) is 12.0 Å². The molecule has 0 aliphatic rings. The van der Waals surface area contributed by atoms with E-state index in [2.05, 4.69) is 5.32 Å². The van der Waals surface area contributed by atoms with Gasteiger partial charge in [0.2, 0.25) is 0 Å². The van der Waals surface area contributed by atoms with Crippen LogP contribution in [0.3, 0.4) is 0 Å². The van der Waals surface area contributed by atoms with Gasteiger partial charge in [-0.2, -0.15) is 0 Å². The maximum Gasteiger partial charge on any atom is 0.255 e. The highest BCUT2D eigenvalue weighted by molar-refractivity contribution is 6.42. The summed E-state index contributed by atoms with van der Waals surface area (Å²) in [6, 6.07) is 9.29. The average molecular weight is 324 g/mol. The van der Waals surface area contributed by atoms with Crippen molar-refractivity contribution < 1.29 is 14.3 Å². The Balaban J connectivity index is 2.30. The number of ether oxygens (including phenoxy) is 1. The maximum absolute atomic E-state index is 12.2. The van der Waals surface area contributed by atoms with Gasteiger partial charge in [0.15, 0.2) is 0 Å². The Labute approximate surface area is 131 Å². The molecular formula is C15H11Cl2NO3. The number of anilines is 1. The van der Waals surface area contributed by atoms with Crippen molar-refractivity contribution in [1.29, 1.82) is 0 Å². The zero-order valence-corrected chi connectivity index (χ0v) is 12.5. The van der Waals surface area contributed by atoms with Crippen LogP contribution in [0.15, 0.2) is 36.4 Å². The molecule has 0 radical (unpaired) electrons. The molecule has 0 saturated heterocycles. The lowest BCUT2D eigenvalue weighted by Gasteiger charge is -2.11. The molecule has 0 aromatic heterocycles. The maximum atomic E-state index is 12.2. The molecule has 2 aromatic carbocycles. The topological polar surface area (TPSA) is 55.4 Å². The van der Waals surface area contributed by atoms with Crippen molar-refractivity contribution in [2.75, 3.05) is 12.4 Å². The van der Waals surface area contributed by atoms with Crippen LogP contribution in [0.25, 0.3) is 0 Å². The number of hydrogen-bond donors (Lipinski definition) is 1. The first kappa shape index (κ1) is 15.4. The van der Waals surface area contributed by atoms with Gasteiger partial charge in [-0.15, -0.1) is 0 Å². The predicted octanol–water partition coefficient (Wildman–Crippen LogP) is 4.07. The van der Waals surface area contributed by atoms with Gasteiger partial charge < -0.3 is 10.1 Å². The van der Waals surface area contributed by atoms with Crippen LogP contribution < -0.4 is 10.1 Å². The van der Waals surface area contributed by atoms with Crippen LogP contribution in [0.1, 0.15) is 20.7 Å². The number of methoxy groups -OCH3 is 1. The molecule has 0 atom stereocenters. The largest absolute Gasteiger partial charge is 0.495 e. The quantitative estimate of drug-likeness (QED) is 0.863. The van der Waals surface area contributed by atoms with Gasteiger partial charge in [-0.05, 0) is 36.4 Å². The minimum atomic E-state index is -0.380. The van der Waals surface area contributed by atoms with Crippen LogP contribution in [-0.2, 0) is 0 Å². The fourth-order valence-electron chi connectivity index (χ4n) is 1.73. The summed E-state index contributed by atoms with van der Waals surface area (Å²) in [5.74, 6) is 0.0731. The molecule has 0 unspecified atom stereocenters. The molecule has 0 saturated carbocycles. The summed E-state index contributed by atoms with van der Waals surface area (Å²) >= 11 is 11.7. The molecule has 1 amide bonds. The lowest BCUT2D eigenvalue weighted by molar-refractivity contribution is 0.102. The molecule has 1 N–H and O–H groups in total. The number of aldehydes is 1. The molecule has 4 nitrogen and oxygen atoms in total. The minimum Gasteiger partial charge on any atom is -0.495 e. The average Bonchev–Trinajstić information content (AvgIpc) is 2.49. The van der Waals surface area contributed by atoms with Crippen molar-refractivity contribution >= 4 is 41.1 Å². The number of halogens is 2. The Hall–Kier alpha value is -2.04. The number of amides is 1. The van der Waals surface area contributed by atoms with E-state index in [9.17, 15) is 9.59 Å². The third kappa shape index (κ3) is 3.54. The van der Waals surface area contributed by atoms with Gasteiger partial charge in [0.25, 0.3) is 5.91 Å². The van der Waals surface area contributed by atoms with Gasteiger partial charge in [-0.3, -0.25) is 9.59 Å². The van der Waals surface area contributed by atoms with E-state index >= 15 is 0 Å². The van der Waals surface area contributed by atoms with E-state index in [4.69, 9.17) is 27.9 Å². The standard InChI is InChI=1S/C15H11Cl2NO3/c1-21-14-5-2-9(8-19)6-13(14)18-15(20)10-3-4-11(16)12(17)7-10/h2-8H,1H3,(H,18,20). The smallest absolute Gasteiger partial charge is 0.255 e. The van der Waals surface area contributed by atoms with Crippen LogP contribution in [0, 0.1) is 0 Å². The Morgan fingerprint density at radius 2 is 1.90 bits per heavy atom. The van der Waals surface area contributed by atoms with Crippen molar-refractivity contribution in [1.82, 2.24) is 0 Å².